The molecule has 2 N–H and O–H groups in total. The van der Waals surface area contributed by atoms with Crippen LogP contribution in [0.2, 0.25) is 0 Å². The lowest BCUT2D eigenvalue weighted by Gasteiger charge is -2.35. The summed E-state index contributed by atoms with van der Waals surface area (Å²) in [6.07, 6.45) is 5.72. The van der Waals surface area contributed by atoms with Gasteiger partial charge in [-0.1, -0.05) is 0 Å². The summed E-state index contributed by atoms with van der Waals surface area (Å²) in [5.74, 6) is 0. The second-order valence-electron chi connectivity index (χ2n) is 4.43. The van der Waals surface area contributed by atoms with Gasteiger partial charge in [-0.25, -0.2) is 0 Å². The van der Waals surface area contributed by atoms with Crippen LogP contribution in [-0.4, -0.2) is 37.9 Å². The van der Waals surface area contributed by atoms with E-state index >= 15 is 0 Å². The van der Waals surface area contributed by atoms with E-state index in [0.717, 1.165) is 25.7 Å². The second kappa shape index (κ2) is 5.10. The zero-order chi connectivity index (χ0) is 9.80. The van der Waals surface area contributed by atoms with Gasteiger partial charge >= 0.3 is 0 Å². The quantitative estimate of drug-likeness (QED) is 0.596. The van der Waals surface area contributed by atoms with E-state index < -0.39 is 0 Å². The number of hydrogen-bond donors (Lipinski definition) is 2. The fraction of sp³-hybridized carbons (Fsp3) is 1.00. The molecule has 0 aromatic heterocycles. The first-order chi connectivity index (χ1) is 6.88. The molecule has 0 radical (unpaired) electrons. The van der Waals surface area contributed by atoms with Crippen molar-refractivity contribution in [2.24, 2.45) is 0 Å². The average Bonchev–Trinajstić information content (AvgIpc) is 2.90. The Balaban J connectivity index is 1.39. The van der Waals surface area contributed by atoms with Crippen molar-refractivity contribution in [3.8, 4) is 0 Å². The molecule has 0 spiro atoms. The molecule has 0 saturated heterocycles. The minimum Gasteiger partial charge on any atom is -0.378 e. The molecule has 0 aromatic carbocycles. The Hall–Kier alpha value is -0.120. The SMILES string of the molecule is CCOC1CC(NCCNC2CC2)C1. The van der Waals surface area contributed by atoms with Gasteiger partial charge in [0.2, 0.25) is 0 Å². The molecule has 82 valence electrons. The van der Waals surface area contributed by atoms with Crippen LogP contribution in [0.25, 0.3) is 0 Å². The van der Waals surface area contributed by atoms with Gasteiger partial charge in [-0.2, -0.15) is 0 Å². The van der Waals surface area contributed by atoms with Gasteiger partial charge in [-0.15, -0.1) is 0 Å². The van der Waals surface area contributed by atoms with E-state index in [-0.39, 0.29) is 0 Å². The van der Waals surface area contributed by atoms with Crippen LogP contribution < -0.4 is 10.6 Å². The molecule has 2 saturated carbocycles. The predicted molar refractivity (Wildman–Crippen MR) is 57.5 cm³/mol. The second-order valence-corrected chi connectivity index (χ2v) is 4.43. The summed E-state index contributed by atoms with van der Waals surface area (Å²) in [6, 6.07) is 1.56. The van der Waals surface area contributed by atoms with Crippen molar-refractivity contribution < 1.29 is 4.74 Å². The molecule has 0 unspecified atom stereocenters. The molecule has 2 aliphatic rings. The molecule has 0 aliphatic heterocycles. The van der Waals surface area contributed by atoms with Gasteiger partial charge in [0.1, 0.15) is 0 Å². The molecule has 0 atom stereocenters. The van der Waals surface area contributed by atoms with Crippen molar-refractivity contribution >= 4 is 0 Å². The molecule has 2 fully saturated rings. The molecular formula is C11H22N2O. The first-order valence-electron chi connectivity index (χ1n) is 5.97. The molecule has 14 heavy (non-hydrogen) atoms. The summed E-state index contributed by atoms with van der Waals surface area (Å²) in [5, 5.41) is 7.05. The Kier molecular flexibility index (Phi) is 3.79. The normalized spacial score (nSPS) is 31.5. The monoisotopic (exact) mass is 198 g/mol. The molecule has 2 rings (SSSR count). The van der Waals surface area contributed by atoms with Gasteiger partial charge in [0.25, 0.3) is 0 Å². The van der Waals surface area contributed by atoms with Gasteiger partial charge in [0, 0.05) is 31.8 Å². The van der Waals surface area contributed by atoms with Gasteiger partial charge in [0.05, 0.1) is 6.10 Å². The van der Waals surface area contributed by atoms with Gasteiger partial charge in [-0.3, -0.25) is 0 Å². The Morgan fingerprint density at radius 1 is 1.07 bits per heavy atom. The highest BCUT2D eigenvalue weighted by atomic mass is 16.5. The summed E-state index contributed by atoms with van der Waals surface area (Å²) >= 11 is 0. The number of hydrogen-bond acceptors (Lipinski definition) is 3. The van der Waals surface area contributed by atoms with Crippen LogP contribution in [0.3, 0.4) is 0 Å². The lowest BCUT2D eigenvalue weighted by Crippen LogP contribution is -2.47. The highest BCUT2D eigenvalue weighted by Crippen LogP contribution is 2.23. The summed E-state index contributed by atoms with van der Waals surface area (Å²) in [5.41, 5.74) is 0. The Labute approximate surface area is 86.6 Å². The fourth-order valence-electron chi connectivity index (χ4n) is 1.94. The standard InChI is InChI=1S/C11H22N2O/c1-2-14-11-7-10(8-11)13-6-5-12-9-3-4-9/h9-13H,2-8H2,1H3. The fourth-order valence-corrected chi connectivity index (χ4v) is 1.94. The summed E-state index contributed by atoms with van der Waals surface area (Å²) < 4.78 is 5.51. The van der Waals surface area contributed by atoms with Crippen LogP contribution in [0.15, 0.2) is 0 Å². The van der Waals surface area contributed by atoms with Crippen LogP contribution >= 0.6 is 0 Å². The van der Waals surface area contributed by atoms with Crippen molar-refractivity contribution in [3.05, 3.63) is 0 Å². The molecule has 0 amide bonds. The van der Waals surface area contributed by atoms with E-state index in [1.807, 2.05) is 0 Å². The lowest BCUT2D eigenvalue weighted by atomic mass is 9.89. The van der Waals surface area contributed by atoms with E-state index in [1.54, 1.807) is 0 Å². The highest BCUT2D eigenvalue weighted by Gasteiger charge is 2.28. The molecule has 3 nitrogen and oxygen atoms in total. The van der Waals surface area contributed by atoms with E-state index in [4.69, 9.17) is 4.74 Å². The Morgan fingerprint density at radius 3 is 2.29 bits per heavy atom. The minimum atomic E-state index is 0.536. The van der Waals surface area contributed by atoms with Gasteiger partial charge < -0.3 is 15.4 Å². The third kappa shape index (κ3) is 3.23. The maximum Gasteiger partial charge on any atom is 0.0604 e. The van der Waals surface area contributed by atoms with Gasteiger partial charge in [0.15, 0.2) is 0 Å². The average molecular weight is 198 g/mol. The molecule has 0 aromatic rings. The summed E-state index contributed by atoms with van der Waals surface area (Å²) in [6.45, 7) is 5.17. The Bertz CT molecular complexity index is 165. The lowest BCUT2D eigenvalue weighted by molar-refractivity contribution is -0.00960. The van der Waals surface area contributed by atoms with Crippen molar-refractivity contribution in [3.63, 3.8) is 0 Å². The predicted octanol–water partition coefficient (Wildman–Crippen LogP) is 0.895. The number of ether oxygens (including phenoxy) is 1. The number of rotatable bonds is 7. The zero-order valence-electron chi connectivity index (χ0n) is 9.09. The highest BCUT2D eigenvalue weighted by molar-refractivity contribution is 4.86. The summed E-state index contributed by atoms with van der Waals surface area (Å²) in [7, 11) is 0. The summed E-state index contributed by atoms with van der Waals surface area (Å²) in [4.78, 5) is 0. The van der Waals surface area contributed by atoms with Crippen LogP contribution in [0, 0.1) is 0 Å². The van der Waals surface area contributed by atoms with E-state index in [2.05, 4.69) is 17.6 Å². The van der Waals surface area contributed by atoms with E-state index in [9.17, 15) is 0 Å². The van der Waals surface area contributed by atoms with Crippen LogP contribution in [0.5, 0.6) is 0 Å². The maximum absolute atomic E-state index is 5.51. The van der Waals surface area contributed by atoms with Crippen molar-refractivity contribution in [1.82, 2.24) is 10.6 Å². The molecular weight excluding hydrogens is 176 g/mol. The zero-order valence-corrected chi connectivity index (χ0v) is 9.09. The van der Waals surface area contributed by atoms with Crippen molar-refractivity contribution in [2.45, 2.75) is 50.8 Å². The molecule has 2 aliphatic carbocycles. The molecule has 0 heterocycles. The third-order valence-corrected chi connectivity index (χ3v) is 3.07. The first kappa shape index (κ1) is 10.4. The minimum absolute atomic E-state index is 0.536. The molecule has 0 bridgehead atoms. The topological polar surface area (TPSA) is 33.3 Å². The maximum atomic E-state index is 5.51. The van der Waals surface area contributed by atoms with Crippen molar-refractivity contribution in [2.75, 3.05) is 19.7 Å². The van der Waals surface area contributed by atoms with Crippen LogP contribution in [0.4, 0.5) is 0 Å². The largest absolute Gasteiger partial charge is 0.378 e. The van der Waals surface area contributed by atoms with Crippen molar-refractivity contribution in [1.29, 1.82) is 0 Å². The molecule has 3 heteroatoms. The van der Waals surface area contributed by atoms with Gasteiger partial charge in [-0.05, 0) is 32.6 Å². The van der Waals surface area contributed by atoms with E-state index in [1.165, 1.54) is 25.7 Å². The van der Waals surface area contributed by atoms with E-state index in [0.29, 0.717) is 12.1 Å². The van der Waals surface area contributed by atoms with Crippen LogP contribution in [-0.2, 0) is 4.74 Å². The number of nitrogens with one attached hydrogen (secondary N) is 2. The first-order valence-corrected chi connectivity index (χ1v) is 5.97. The Morgan fingerprint density at radius 2 is 1.71 bits per heavy atom. The third-order valence-electron chi connectivity index (χ3n) is 3.07. The smallest absolute Gasteiger partial charge is 0.0604 e. The van der Waals surface area contributed by atoms with Crippen LogP contribution in [0.1, 0.15) is 32.6 Å².